The molecule has 2 nitrogen and oxygen atoms in total. The highest BCUT2D eigenvalue weighted by molar-refractivity contribution is 5.61. The lowest BCUT2D eigenvalue weighted by Gasteiger charge is -2.22. The van der Waals surface area contributed by atoms with Crippen molar-refractivity contribution in [1.82, 2.24) is 0 Å². The van der Waals surface area contributed by atoms with Crippen molar-refractivity contribution >= 4 is 6.29 Å². The number of hydrogen-bond donors (Lipinski definition) is 1. The summed E-state index contributed by atoms with van der Waals surface area (Å²) in [7, 11) is 0. The van der Waals surface area contributed by atoms with Gasteiger partial charge in [-0.25, -0.2) is 8.78 Å². The van der Waals surface area contributed by atoms with Crippen LogP contribution < -0.4 is 0 Å². The third-order valence-electron chi connectivity index (χ3n) is 1.45. The van der Waals surface area contributed by atoms with E-state index in [9.17, 15) is 13.6 Å². The van der Waals surface area contributed by atoms with Crippen molar-refractivity contribution in [3.05, 3.63) is 24.1 Å². The summed E-state index contributed by atoms with van der Waals surface area (Å²) in [5.74, 6) is -5.55. The van der Waals surface area contributed by atoms with Gasteiger partial charge in [0.05, 0.1) is 0 Å². The summed E-state index contributed by atoms with van der Waals surface area (Å²) in [4.78, 5) is 10.1. The van der Waals surface area contributed by atoms with Gasteiger partial charge in [0.25, 0.3) is 0 Å². The van der Waals surface area contributed by atoms with E-state index in [4.69, 9.17) is 5.11 Å². The second-order valence-electron chi connectivity index (χ2n) is 2.25. The second kappa shape index (κ2) is 2.54. The minimum absolute atomic E-state index is 0.0370. The Kier molecular flexibility index (Phi) is 1.87. The average Bonchev–Trinajstić information content (AvgIpc) is 1.86. The fraction of sp³-hybridized carbons (Fsp3) is 0.286. The van der Waals surface area contributed by atoms with Crippen LogP contribution >= 0.6 is 0 Å². The molecule has 0 saturated carbocycles. The van der Waals surface area contributed by atoms with E-state index in [-0.39, 0.29) is 6.29 Å². The van der Waals surface area contributed by atoms with Gasteiger partial charge in [0.15, 0.2) is 0 Å². The third-order valence-corrected chi connectivity index (χ3v) is 1.45. The van der Waals surface area contributed by atoms with E-state index in [2.05, 4.69) is 0 Å². The molecule has 0 radical (unpaired) electrons. The fourth-order valence-corrected chi connectivity index (χ4v) is 0.836. The van der Waals surface area contributed by atoms with Crippen LogP contribution in [-0.2, 0) is 4.79 Å². The average molecular weight is 160 g/mol. The zero-order valence-corrected chi connectivity index (χ0v) is 5.50. The number of alkyl halides is 1. The van der Waals surface area contributed by atoms with E-state index in [0.29, 0.717) is 0 Å². The lowest BCUT2D eigenvalue weighted by molar-refractivity contribution is -0.128. The minimum Gasteiger partial charge on any atom is -0.358 e. The summed E-state index contributed by atoms with van der Waals surface area (Å²) in [5.41, 5.74) is 0. The molecule has 0 saturated heterocycles. The van der Waals surface area contributed by atoms with Crippen molar-refractivity contribution < 1.29 is 18.7 Å². The molecule has 1 rings (SSSR count). The number of carbonyl (C=O) groups excluding carboxylic acids is 1. The Bertz CT molecular complexity index is 231. The largest absolute Gasteiger partial charge is 0.358 e. The molecular formula is C7H6F2O2. The van der Waals surface area contributed by atoms with E-state index >= 15 is 0 Å². The number of rotatable bonds is 1. The van der Waals surface area contributed by atoms with Crippen LogP contribution in [0.3, 0.4) is 0 Å². The van der Waals surface area contributed by atoms with Gasteiger partial charge in [-0.1, -0.05) is 6.08 Å². The molecule has 0 aliphatic heterocycles. The molecule has 4 heteroatoms. The Labute approximate surface area is 61.8 Å². The Balaban J connectivity index is 2.97. The number of aliphatic hydroxyl groups is 1. The van der Waals surface area contributed by atoms with Gasteiger partial charge in [0, 0.05) is 0 Å². The lowest BCUT2D eigenvalue weighted by Crippen LogP contribution is -2.33. The number of hydrogen-bond acceptors (Lipinski definition) is 2. The molecule has 0 amide bonds. The van der Waals surface area contributed by atoms with Gasteiger partial charge in [-0.2, -0.15) is 0 Å². The summed E-state index contributed by atoms with van der Waals surface area (Å²) in [5, 5.41) is 8.74. The molecule has 2 atom stereocenters. The normalized spacial score (nSPS) is 36.6. The molecule has 60 valence electrons. The summed E-state index contributed by atoms with van der Waals surface area (Å²) in [6, 6.07) is 0. The molecule has 2 unspecified atom stereocenters. The standard InChI is InChI=1S/C7H6F2O2/c8-6-2-1-3-7(9,11)5(6)4-10/h1-5,11H. The Morgan fingerprint density at radius 1 is 1.73 bits per heavy atom. The van der Waals surface area contributed by atoms with Gasteiger partial charge >= 0.3 is 0 Å². The van der Waals surface area contributed by atoms with Crippen LogP contribution in [0, 0.1) is 5.92 Å². The van der Waals surface area contributed by atoms with Crippen LogP contribution in [0.1, 0.15) is 0 Å². The zero-order valence-electron chi connectivity index (χ0n) is 5.50. The van der Waals surface area contributed by atoms with Gasteiger partial charge in [0.2, 0.25) is 5.85 Å². The SMILES string of the molecule is O=CC1C(F)=CC=CC1(O)F. The highest BCUT2D eigenvalue weighted by atomic mass is 19.2. The molecule has 0 aromatic carbocycles. The van der Waals surface area contributed by atoms with E-state index < -0.39 is 17.6 Å². The fourth-order valence-electron chi connectivity index (χ4n) is 0.836. The first kappa shape index (κ1) is 8.07. The van der Waals surface area contributed by atoms with Crippen molar-refractivity contribution in [3.63, 3.8) is 0 Å². The van der Waals surface area contributed by atoms with Gasteiger partial charge < -0.3 is 9.90 Å². The predicted octanol–water partition coefficient (Wildman–Crippen LogP) is 0.883. The Morgan fingerprint density at radius 3 is 2.73 bits per heavy atom. The highest BCUT2D eigenvalue weighted by Crippen LogP contribution is 2.30. The molecule has 0 heterocycles. The first-order chi connectivity index (χ1) is 5.08. The first-order valence-corrected chi connectivity index (χ1v) is 2.99. The lowest BCUT2D eigenvalue weighted by atomic mass is 9.96. The quantitative estimate of drug-likeness (QED) is 0.578. The van der Waals surface area contributed by atoms with Gasteiger partial charge in [-0.15, -0.1) is 0 Å². The van der Waals surface area contributed by atoms with Gasteiger partial charge in [-0.05, 0) is 12.2 Å². The van der Waals surface area contributed by atoms with Crippen molar-refractivity contribution in [1.29, 1.82) is 0 Å². The molecule has 11 heavy (non-hydrogen) atoms. The van der Waals surface area contributed by atoms with E-state index in [1.807, 2.05) is 0 Å². The van der Waals surface area contributed by atoms with Crippen molar-refractivity contribution in [2.75, 3.05) is 0 Å². The van der Waals surface area contributed by atoms with Gasteiger partial charge in [-0.3, -0.25) is 0 Å². The van der Waals surface area contributed by atoms with Crippen LogP contribution in [0.15, 0.2) is 24.1 Å². The maximum Gasteiger partial charge on any atom is 0.242 e. The molecule has 0 aromatic rings. The maximum atomic E-state index is 12.7. The molecule has 0 spiro atoms. The molecule has 1 aliphatic carbocycles. The minimum atomic E-state index is -2.87. The molecule has 1 aliphatic rings. The highest BCUT2D eigenvalue weighted by Gasteiger charge is 2.39. The third kappa shape index (κ3) is 1.35. The number of aldehydes is 1. The predicted molar refractivity (Wildman–Crippen MR) is 33.9 cm³/mol. The maximum absolute atomic E-state index is 12.7. The zero-order chi connectivity index (χ0) is 8.48. The van der Waals surface area contributed by atoms with Crippen LogP contribution in [-0.4, -0.2) is 17.2 Å². The topological polar surface area (TPSA) is 37.3 Å². The summed E-state index contributed by atoms with van der Waals surface area (Å²) in [6.07, 6.45) is 2.73. The number of carbonyl (C=O) groups is 1. The van der Waals surface area contributed by atoms with Gasteiger partial charge in [0.1, 0.15) is 18.0 Å². The van der Waals surface area contributed by atoms with E-state index in [1.165, 1.54) is 0 Å². The van der Waals surface area contributed by atoms with Crippen LogP contribution in [0.25, 0.3) is 0 Å². The summed E-state index contributed by atoms with van der Waals surface area (Å²) in [6.45, 7) is 0. The monoisotopic (exact) mass is 160 g/mol. The van der Waals surface area contributed by atoms with E-state index in [1.54, 1.807) is 0 Å². The second-order valence-corrected chi connectivity index (χ2v) is 2.25. The van der Waals surface area contributed by atoms with E-state index in [0.717, 1.165) is 18.2 Å². The molecule has 0 aromatic heterocycles. The van der Waals surface area contributed by atoms with Crippen molar-refractivity contribution in [2.24, 2.45) is 5.92 Å². The molecule has 1 N–H and O–H groups in total. The van der Waals surface area contributed by atoms with Crippen LogP contribution in [0.2, 0.25) is 0 Å². The molecule has 0 bridgehead atoms. The van der Waals surface area contributed by atoms with Crippen molar-refractivity contribution in [3.8, 4) is 0 Å². The van der Waals surface area contributed by atoms with Crippen LogP contribution in [0.4, 0.5) is 8.78 Å². The number of halogens is 2. The van der Waals surface area contributed by atoms with Crippen LogP contribution in [0.5, 0.6) is 0 Å². The number of allylic oxidation sites excluding steroid dienone is 2. The Morgan fingerprint density at radius 2 is 2.36 bits per heavy atom. The van der Waals surface area contributed by atoms with Crippen molar-refractivity contribution in [2.45, 2.75) is 5.85 Å². The first-order valence-electron chi connectivity index (χ1n) is 2.99. The molecular weight excluding hydrogens is 154 g/mol. The summed E-state index contributed by atoms with van der Waals surface area (Å²) < 4.78 is 25.3. The smallest absolute Gasteiger partial charge is 0.242 e. The summed E-state index contributed by atoms with van der Waals surface area (Å²) >= 11 is 0. The molecule has 0 fully saturated rings. The Hall–Kier alpha value is -1.03.